The zero-order valence-corrected chi connectivity index (χ0v) is 16.4. The second kappa shape index (κ2) is 8.70. The number of pyridine rings is 1. The van der Waals surface area contributed by atoms with Gasteiger partial charge in [0.25, 0.3) is 5.91 Å². The lowest BCUT2D eigenvalue weighted by Gasteiger charge is -2.30. The number of hydrogen-bond donors (Lipinski definition) is 2. The van der Waals surface area contributed by atoms with Crippen LogP contribution in [-0.2, 0) is 6.54 Å². The van der Waals surface area contributed by atoms with Gasteiger partial charge in [-0.05, 0) is 26.0 Å². The third-order valence-electron chi connectivity index (χ3n) is 5.22. The normalized spacial score (nSPS) is 14.5. The Labute approximate surface area is 163 Å². The minimum absolute atomic E-state index is 0.000951. The summed E-state index contributed by atoms with van der Waals surface area (Å²) in [6, 6.07) is 2.96. The van der Waals surface area contributed by atoms with Gasteiger partial charge in [-0.3, -0.25) is 9.59 Å². The van der Waals surface area contributed by atoms with Crippen LogP contribution in [0.1, 0.15) is 24.2 Å². The SMILES string of the molecule is CCN(CCO)C(=O)c1cn(CC)c2cc(N3CCNCC3)c(F)cc2c1=O. The number of fused-ring (bicyclic) bond motifs is 1. The highest BCUT2D eigenvalue weighted by atomic mass is 19.1. The number of anilines is 1. The number of carbonyl (C=O) groups is 1. The Morgan fingerprint density at radius 1 is 1.29 bits per heavy atom. The number of nitrogens with one attached hydrogen (secondary N) is 1. The van der Waals surface area contributed by atoms with Crippen molar-refractivity contribution >= 4 is 22.5 Å². The second-order valence-electron chi connectivity index (χ2n) is 6.82. The van der Waals surface area contributed by atoms with Crippen molar-refractivity contribution in [3.63, 3.8) is 0 Å². The molecule has 1 aromatic heterocycles. The number of benzene rings is 1. The quantitative estimate of drug-likeness (QED) is 0.770. The summed E-state index contributed by atoms with van der Waals surface area (Å²) in [4.78, 5) is 29.2. The van der Waals surface area contributed by atoms with Crippen LogP contribution in [-0.4, -0.2) is 66.4 Å². The summed E-state index contributed by atoms with van der Waals surface area (Å²) in [6.07, 6.45) is 1.55. The summed E-state index contributed by atoms with van der Waals surface area (Å²) in [6.45, 7) is 7.53. The lowest BCUT2D eigenvalue weighted by atomic mass is 10.1. The average Bonchev–Trinajstić information content (AvgIpc) is 2.72. The number of aliphatic hydroxyl groups excluding tert-OH is 1. The first-order chi connectivity index (χ1) is 13.5. The van der Waals surface area contributed by atoms with Gasteiger partial charge in [-0.2, -0.15) is 0 Å². The molecule has 2 heterocycles. The van der Waals surface area contributed by atoms with Crippen LogP contribution in [0.4, 0.5) is 10.1 Å². The van der Waals surface area contributed by atoms with Crippen molar-refractivity contribution in [3.8, 4) is 0 Å². The fraction of sp³-hybridized carbons (Fsp3) is 0.500. The van der Waals surface area contributed by atoms with Gasteiger partial charge in [0.1, 0.15) is 11.4 Å². The molecule has 0 unspecified atom stereocenters. The Kier molecular flexibility index (Phi) is 6.31. The molecule has 0 spiro atoms. The van der Waals surface area contributed by atoms with Gasteiger partial charge in [-0.15, -0.1) is 0 Å². The highest BCUT2D eigenvalue weighted by Crippen LogP contribution is 2.26. The van der Waals surface area contributed by atoms with E-state index in [2.05, 4.69) is 5.32 Å². The molecular formula is C20H27FN4O3. The van der Waals surface area contributed by atoms with Gasteiger partial charge in [0.05, 0.1) is 17.8 Å². The number of halogens is 1. The molecular weight excluding hydrogens is 363 g/mol. The topological polar surface area (TPSA) is 77.8 Å². The van der Waals surface area contributed by atoms with Crippen molar-refractivity contribution in [2.75, 3.05) is 50.8 Å². The van der Waals surface area contributed by atoms with Crippen molar-refractivity contribution in [2.45, 2.75) is 20.4 Å². The molecule has 0 atom stereocenters. The Balaban J connectivity index is 2.14. The molecule has 2 N–H and O–H groups in total. The molecule has 28 heavy (non-hydrogen) atoms. The van der Waals surface area contributed by atoms with Crippen LogP contribution < -0.4 is 15.6 Å². The maximum atomic E-state index is 14.9. The number of amides is 1. The summed E-state index contributed by atoms with van der Waals surface area (Å²) >= 11 is 0. The molecule has 1 aromatic carbocycles. The first-order valence-corrected chi connectivity index (χ1v) is 9.74. The molecule has 1 amide bonds. The minimum Gasteiger partial charge on any atom is -0.395 e. The van der Waals surface area contributed by atoms with E-state index in [0.29, 0.717) is 37.4 Å². The molecule has 8 heteroatoms. The smallest absolute Gasteiger partial charge is 0.259 e. The van der Waals surface area contributed by atoms with Crippen molar-refractivity contribution in [1.29, 1.82) is 0 Å². The van der Waals surface area contributed by atoms with Crippen LogP contribution in [0.3, 0.4) is 0 Å². The van der Waals surface area contributed by atoms with Gasteiger partial charge in [-0.25, -0.2) is 4.39 Å². The summed E-state index contributed by atoms with van der Waals surface area (Å²) < 4.78 is 16.7. The van der Waals surface area contributed by atoms with Gasteiger partial charge in [0, 0.05) is 57.4 Å². The Hall–Kier alpha value is -2.45. The van der Waals surface area contributed by atoms with E-state index in [9.17, 15) is 14.0 Å². The summed E-state index contributed by atoms with van der Waals surface area (Å²) in [7, 11) is 0. The Morgan fingerprint density at radius 3 is 2.61 bits per heavy atom. The Morgan fingerprint density at radius 2 is 2.00 bits per heavy atom. The lowest BCUT2D eigenvalue weighted by Crippen LogP contribution is -2.44. The van der Waals surface area contributed by atoms with Crippen LogP contribution in [0.15, 0.2) is 23.1 Å². The predicted molar refractivity (Wildman–Crippen MR) is 108 cm³/mol. The number of carbonyl (C=O) groups excluding carboxylic acids is 1. The number of piperazine rings is 1. The number of aromatic nitrogens is 1. The van der Waals surface area contributed by atoms with Crippen molar-refractivity contribution < 1.29 is 14.3 Å². The zero-order chi connectivity index (χ0) is 20.3. The van der Waals surface area contributed by atoms with Gasteiger partial charge in [0.15, 0.2) is 0 Å². The summed E-state index contributed by atoms with van der Waals surface area (Å²) in [5.41, 5.74) is 0.611. The first kappa shape index (κ1) is 20.3. The highest BCUT2D eigenvalue weighted by molar-refractivity contribution is 5.97. The fourth-order valence-electron chi connectivity index (χ4n) is 3.66. The van der Waals surface area contributed by atoms with E-state index in [1.165, 1.54) is 11.0 Å². The van der Waals surface area contributed by atoms with Crippen molar-refractivity contribution in [2.24, 2.45) is 0 Å². The maximum Gasteiger partial charge on any atom is 0.259 e. The molecule has 1 saturated heterocycles. The van der Waals surface area contributed by atoms with Crippen LogP contribution in [0.5, 0.6) is 0 Å². The second-order valence-corrected chi connectivity index (χ2v) is 6.82. The number of likely N-dealkylation sites (N-methyl/N-ethyl adjacent to an activating group) is 1. The molecule has 152 valence electrons. The minimum atomic E-state index is -0.480. The molecule has 7 nitrogen and oxygen atoms in total. The van der Waals surface area contributed by atoms with E-state index >= 15 is 0 Å². The monoisotopic (exact) mass is 390 g/mol. The van der Waals surface area contributed by atoms with E-state index < -0.39 is 17.2 Å². The number of aliphatic hydroxyl groups is 1. The Bertz CT molecular complexity index is 922. The maximum absolute atomic E-state index is 14.9. The van der Waals surface area contributed by atoms with Crippen LogP contribution >= 0.6 is 0 Å². The van der Waals surface area contributed by atoms with Gasteiger partial charge in [0.2, 0.25) is 5.43 Å². The fourth-order valence-corrected chi connectivity index (χ4v) is 3.66. The number of aryl methyl sites for hydroxylation is 1. The van der Waals surface area contributed by atoms with E-state index in [-0.39, 0.29) is 24.1 Å². The largest absolute Gasteiger partial charge is 0.395 e. The predicted octanol–water partition coefficient (Wildman–Crippen LogP) is 1.02. The third kappa shape index (κ3) is 3.74. The molecule has 0 saturated carbocycles. The molecule has 0 radical (unpaired) electrons. The van der Waals surface area contributed by atoms with E-state index in [1.807, 2.05) is 16.4 Å². The van der Waals surface area contributed by atoms with Crippen molar-refractivity contribution in [1.82, 2.24) is 14.8 Å². The van der Waals surface area contributed by atoms with Crippen molar-refractivity contribution in [3.05, 3.63) is 39.9 Å². The number of rotatable bonds is 6. The molecule has 0 bridgehead atoms. The zero-order valence-electron chi connectivity index (χ0n) is 16.4. The third-order valence-corrected chi connectivity index (χ3v) is 5.22. The molecule has 3 rings (SSSR count). The van der Waals surface area contributed by atoms with Crippen LogP contribution in [0.2, 0.25) is 0 Å². The van der Waals surface area contributed by atoms with Gasteiger partial charge >= 0.3 is 0 Å². The molecule has 1 aliphatic heterocycles. The average molecular weight is 390 g/mol. The number of hydrogen-bond acceptors (Lipinski definition) is 5. The van der Waals surface area contributed by atoms with Gasteiger partial charge < -0.3 is 24.8 Å². The lowest BCUT2D eigenvalue weighted by molar-refractivity contribution is 0.0730. The van der Waals surface area contributed by atoms with Crippen LogP contribution in [0.25, 0.3) is 10.9 Å². The molecule has 1 aliphatic rings. The summed E-state index contributed by atoms with van der Waals surface area (Å²) in [5.74, 6) is -0.904. The van der Waals surface area contributed by atoms with E-state index in [0.717, 1.165) is 13.1 Å². The summed E-state index contributed by atoms with van der Waals surface area (Å²) in [5, 5.41) is 12.6. The van der Waals surface area contributed by atoms with E-state index in [4.69, 9.17) is 5.11 Å². The van der Waals surface area contributed by atoms with Crippen LogP contribution in [0, 0.1) is 5.82 Å². The molecule has 1 fully saturated rings. The molecule has 2 aromatic rings. The highest BCUT2D eigenvalue weighted by Gasteiger charge is 2.22. The standard InChI is InChI=1S/C20H27FN4O3/c1-3-23(9-10-26)20(28)15-13-24(4-2)17-12-18(25-7-5-22-6-8-25)16(21)11-14(17)19(15)27/h11-13,22,26H,3-10H2,1-2H3. The molecule has 0 aliphatic carbocycles. The number of nitrogens with zero attached hydrogens (tertiary/aromatic N) is 3. The van der Waals surface area contributed by atoms with Gasteiger partial charge in [-0.1, -0.05) is 0 Å². The first-order valence-electron chi connectivity index (χ1n) is 9.74. The van der Waals surface area contributed by atoms with E-state index in [1.54, 1.807) is 19.2 Å².